The fourth-order valence-corrected chi connectivity index (χ4v) is 4.64. The Morgan fingerprint density at radius 2 is 1.70 bits per heavy atom. The van der Waals surface area contributed by atoms with Crippen LogP contribution in [0.5, 0.6) is 11.5 Å². The summed E-state index contributed by atoms with van der Waals surface area (Å²) in [5.41, 5.74) is 3.78. The fourth-order valence-electron chi connectivity index (χ4n) is 3.57. The van der Waals surface area contributed by atoms with Gasteiger partial charge in [0.2, 0.25) is 6.79 Å². The molecule has 0 N–H and O–H groups in total. The third-order valence-corrected chi connectivity index (χ3v) is 6.10. The number of hydrogen-bond acceptors (Lipinski definition) is 4. The van der Waals surface area contributed by atoms with Crippen LogP contribution in [0.2, 0.25) is 0 Å². The number of rotatable bonds is 4. The molecule has 1 amide bonds. The van der Waals surface area contributed by atoms with Crippen LogP contribution in [0, 0.1) is 0 Å². The van der Waals surface area contributed by atoms with Crippen molar-refractivity contribution in [3.63, 3.8) is 0 Å². The molecule has 5 nitrogen and oxygen atoms in total. The second-order valence-corrected chi connectivity index (χ2v) is 8.08. The molecule has 0 fully saturated rings. The lowest BCUT2D eigenvalue weighted by Gasteiger charge is -2.04. The highest BCUT2D eigenvalue weighted by Gasteiger charge is 2.18. The Morgan fingerprint density at radius 3 is 2.43 bits per heavy atom. The van der Waals surface area contributed by atoms with Gasteiger partial charge in [-0.1, -0.05) is 60.7 Å². The molecule has 1 aliphatic heterocycles. The van der Waals surface area contributed by atoms with E-state index in [1.165, 1.54) is 11.3 Å². The van der Waals surface area contributed by atoms with Crippen LogP contribution in [0.15, 0.2) is 71.7 Å². The van der Waals surface area contributed by atoms with Gasteiger partial charge in [0.05, 0.1) is 10.2 Å². The van der Waals surface area contributed by atoms with Gasteiger partial charge in [-0.25, -0.2) is 0 Å². The van der Waals surface area contributed by atoms with E-state index >= 15 is 0 Å². The van der Waals surface area contributed by atoms with Crippen molar-refractivity contribution in [3.05, 3.63) is 77.1 Å². The Labute approximate surface area is 177 Å². The maximum atomic E-state index is 12.9. The van der Waals surface area contributed by atoms with Gasteiger partial charge in [-0.2, -0.15) is 4.99 Å². The minimum Gasteiger partial charge on any atom is -0.454 e. The second-order valence-electron chi connectivity index (χ2n) is 7.07. The zero-order chi connectivity index (χ0) is 20.5. The maximum absolute atomic E-state index is 12.9. The number of nitrogens with zero attached hydrogens (tertiary/aromatic N) is 2. The molecule has 0 bridgehead atoms. The lowest BCUT2D eigenvalue weighted by Crippen LogP contribution is -2.16. The molecule has 1 aromatic heterocycles. The lowest BCUT2D eigenvalue weighted by molar-refractivity contribution is 0.0998. The van der Waals surface area contributed by atoms with E-state index in [2.05, 4.69) is 28.6 Å². The van der Waals surface area contributed by atoms with Crippen molar-refractivity contribution in [1.82, 2.24) is 4.57 Å². The SMILES string of the molecule is CCCn1c(=NC(=O)c2ccc(-c3ccccc3)cc2)sc2cc3c(cc21)OCO3. The minimum atomic E-state index is -0.244. The smallest absolute Gasteiger partial charge is 0.279 e. The van der Waals surface area contributed by atoms with Gasteiger partial charge < -0.3 is 14.0 Å². The zero-order valence-electron chi connectivity index (χ0n) is 16.5. The predicted molar refractivity (Wildman–Crippen MR) is 118 cm³/mol. The van der Waals surface area contributed by atoms with Crippen LogP contribution in [-0.2, 0) is 6.54 Å². The van der Waals surface area contributed by atoms with Gasteiger partial charge in [0.15, 0.2) is 16.3 Å². The van der Waals surface area contributed by atoms with Gasteiger partial charge in [0, 0.05) is 24.2 Å². The first-order chi connectivity index (χ1) is 14.7. The summed E-state index contributed by atoms with van der Waals surface area (Å²) in [6.07, 6.45) is 0.938. The van der Waals surface area contributed by atoms with E-state index < -0.39 is 0 Å². The van der Waals surface area contributed by atoms with Gasteiger partial charge in [0.25, 0.3) is 5.91 Å². The Kier molecular flexibility index (Phi) is 4.85. The first-order valence-electron chi connectivity index (χ1n) is 9.90. The largest absolute Gasteiger partial charge is 0.454 e. The second kappa shape index (κ2) is 7.80. The fraction of sp³-hybridized carbons (Fsp3) is 0.167. The Morgan fingerprint density at radius 1 is 1.00 bits per heavy atom. The van der Waals surface area contributed by atoms with E-state index in [1.807, 2.05) is 54.6 Å². The van der Waals surface area contributed by atoms with Crippen LogP contribution in [0.1, 0.15) is 23.7 Å². The Bertz CT molecular complexity index is 1290. The molecular weight excluding hydrogens is 396 g/mol. The van der Waals surface area contributed by atoms with Crippen molar-refractivity contribution in [2.75, 3.05) is 6.79 Å². The van der Waals surface area contributed by atoms with E-state index in [9.17, 15) is 4.79 Å². The summed E-state index contributed by atoms with van der Waals surface area (Å²) in [6.45, 7) is 3.13. The Hall–Kier alpha value is -3.38. The van der Waals surface area contributed by atoms with E-state index in [4.69, 9.17) is 9.47 Å². The van der Waals surface area contributed by atoms with Crippen molar-refractivity contribution in [2.45, 2.75) is 19.9 Å². The van der Waals surface area contributed by atoms with Crippen molar-refractivity contribution in [1.29, 1.82) is 0 Å². The minimum absolute atomic E-state index is 0.244. The molecule has 0 spiro atoms. The number of amides is 1. The van der Waals surface area contributed by atoms with Crippen LogP contribution in [0.25, 0.3) is 21.3 Å². The van der Waals surface area contributed by atoms with Crippen molar-refractivity contribution in [3.8, 4) is 22.6 Å². The number of benzene rings is 3. The lowest BCUT2D eigenvalue weighted by atomic mass is 10.0. The number of aromatic nitrogens is 1. The molecule has 2 heterocycles. The molecule has 0 saturated heterocycles. The molecule has 4 aromatic rings. The average Bonchev–Trinajstić information content (AvgIpc) is 3.37. The maximum Gasteiger partial charge on any atom is 0.279 e. The van der Waals surface area contributed by atoms with Crippen molar-refractivity contribution >= 4 is 27.5 Å². The summed E-state index contributed by atoms with van der Waals surface area (Å²) in [5.74, 6) is 1.23. The number of ether oxygens (including phenoxy) is 2. The number of aryl methyl sites for hydroxylation is 1. The van der Waals surface area contributed by atoms with E-state index in [0.29, 0.717) is 10.4 Å². The molecule has 0 atom stereocenters. The topological polar surface area (TPSA) is 52.8 Å². The quantitative estimate of drug-likeness (QED) is 0.457. The zero-order valence-corrected chi connectivity index (χ0v) is 17.3. The first kappa shape index (κ1) is 18.6. The number of hydrogen-bond donors (Lipinski definition) is 0. The number of carbonyl (C=O) groups excluding carboxylic acids is 1. The van der Waals surface area contributed by atoms with Crippen LogP contribution in [-0.4, -0.2) is 17.3 Å². The summed E-state index contributed by atoms with van der Waals surface area (Å²) in [7, 11) is 0. The van der Waals surface area contributed by atoms with E-state index in [-0.39, 0.29) is 12.7 Å². The van der Waals surface area contributed by atoms with Gasteiger partial charge in [-0.05, 0) is 29.7 Å². The molecular formula is C24H20N2O3S. The normalized spacial score (nSPS) is 13.2. The van der Waals surface area contributed by atoms with Gasteiger partial charge in [-0.3, -0.25) is 4.79 Å². The van der Waals surface area contributed by atoms with E-state index in [0.717, 1.165) is 45.8 Å². The molecule has 30 heavy (non-hydrogen) atoms. The summed E-state index contributed by atoms with van der Waals surface area (Å²) in [5, 5.41) is 0. The van der Waals surface area contributed by atoms with E-state index in [1.54, 1.807) is 0 Å². The third-order valence-electron chi connectivity index (χ3n) is 5.06. The molecule has 1 aliphatic rings. The molecule has 0 saturated carbocycles. The summed E-state index contributed by atoms with van der Waals surface area (Å²) < 4.78 is 14.1. The molecule has 5 rings (SSSR count). The molecule has 0 aliphatic carbocycles. The Balaban J connectivity index is 1.52. The predicted octanol–water partition coefficient (Wildman–Crippen LogP) is 5.25. The van der Waals surface area contributed by atoms with Gasteiger partial charge in [0.1, 0.15) is 0 Å². The summed E-state index contributed by atoms with van der Waals surface area (Å²) in [6, 6.07) is 21.6. The molecule has 150 valence electrons. The average molecular weight is 417 g/mol. The molecule has 0 unspecified atom stereocenters. The van der Waals surface area contributed by atoms with Crippen molar-refractivity contribution in [2.24, 2.45) is 4.99 Å². The number of carbonyl (C=O) groups is 1. The third kappa shape index (κ3) is 3.39. The standard InChI is InChI=1S/C24H20N2O3S/c1-2-12-26-19-13-20-21(29-15-28-20)14-22(19)30-24(26)25-23(27)18-10-8-17(9-11-18)16-6-4-3-5-7-16/h3-11,13-14H,2,12,15H2,1H3. The highest BCUT2D eigenvalue weighted by atomic mass is 32.1. The summed E-state index contributed by atoms with van der Waals surface area (Å²) in [4.78, 5) is 18.0. The molecule has 3 aromatic carbocycles. The first-order valence-corrected chi connectivity index (χ1v) is 10.7. The van der Waals surface area contributed by atoms with Crippen LogP contribution in [0.4, 0.5) is 0 Å². The highest BCUT2D eigenvalue weighted by molar-refractivity contribution is 7.16. The number of thiazole rings is 1. The summed E-state index contributed by atoms with van der Waals surface area (Å²) >= 11 is 1.49. The molecule has 6 heteroatoms. The highest BCUT2D eigenvalue weighted by Crippen LogP contribution is 2.37. The number of fused-ring (bicyclic) bond motifs is 2. The van der Waals surface area contributed by atoms with Gasteiger partial charge in [-0.15, -0.1) is 0 Å². The van der Waals surface area contributed by atoms with Crippen LogP contribution in [0.3, 0.4) is 0 Å². The van der Waals surface area contributed by atoms with Gasteiger partial charge >= 0.3 is 0 Å². The monoisotopic (exact) mass is 416 g/mol. The van der Waals surface area contributed by atoms with Crippen LogP contribution < -0.4 is 14.3 Å². The molecule has 0 radical (unpaired) electrons. The van der Waals surface area contributed by atoms with Crippen LogP contribution >= 0.6 is 11.3 Å². The van der Waals surface area contributed by atoms with Crippen molar-refractivity contribution < 1.29 is 14.3 Å².